The van der Waals surface area contributed by atoms with E-state index in [0.29, 0.717) is 6.04 Å². The Labute approximate surface area is 121 Å². The molecule has 1 unspecified atom stereocenters. The van der Waals surface area contributed by atoms with E-state index in [1.54, 1.807) is 0 Å². The zero-order chi connectivity index (χ0) is 13.5. The Morgan fingerprint density at radius 3 is 2.95 bits per heavy atom. The molecule has 0 radical (unpaired) electrons. The molecule has 1 aromatic rings. The third kappa shape index (κ3) is 4.56. The normalized spacial score (nSPS) is 20.8. The molecule has 2 rings (SSSR count). The Balaban J connectivity index is 1.87. The van der Waals surface area contributed by atoms with E-state index in [2.05, 4.69) is 36.2 Å². The molecule has 2 heterocycles. The third-order valence-electron chi connectivity index (χ3n) is 3.58. The lowest BCUT2D eigenvalue weighted by Crippen LogP contribution is -2.49. The van der Waals surface area contributed by atoms with Crippen molar-refractivity contribution in [1.29, 1.82) is 0 Å². The van der Waals surface area contributed by atoms with E-state index in [4.69, 9.17) is 4.74 Å². The highest BCUT2D eigenvalue weighted by molar-refractivity contribution is 7.11. The maximum Gasteiger partial charge on any atom is 0.0635 e. The zero-order valence-electron chi connectivity index (χ0n) is 12.2. The smallest absolute Gasteiger partial charge is 0.0635 e. The second-order valence-electron chi connectivity index (χ2n) is 5.12. The van der Waals surface area contributed by atoms with Crippen LogP contribution in [0.15, 0.2) is 12.1 Å². The summed E-state index contributed by atoms with van der Waals surface area (Å²) < 4.78 is 5.63. The van der Waals surface area contributed by atoms with Gasteiger partial charge in [-0.15, -0.1) is 11.3 Å². The van der Waals surface area contributed by atoms with E-state index in [0.717, 1.165) is 45.8 Å². The number of thiophene rings is 1. The Morgan fingerprint density at radius 2 is 2.21 bits per heavy atom. The predicted octanol–water partition coefficient (Wildman–Crippen LogP) is 2.51. The van der Waals surface area contributed by atoms with Crippen molar-refractivity contribution in [2.75, 3.05) is 32.8 Å². The van der Waals surface area contributed by atoms with Gasteiger partial charge in [0.05, 0.1) is 13.2 Å². The van der Waals surface area contributed by atoms with Gasteiger partial charge in [-0.25, -0.2) is 0 Å². The van der Waals surface area contributed by atoms with Gasteiger partial charge >= 0.3 is 0 Å². The third-order valence-corrected chi connectivity index (χ3v) is 4.80. The molecule has 1 atom stereocenters. The molecule has 1 aliphatic heterocycles. The summed E-state index contributed by atoms with van der Waals surface area (Å²) in [6, 6.07) is 5.08. The lowest BCUT2D eigenvalue weighted by atomic mass is 10.2. The number of morpholine rings is 1. The quantitative estimate of drug-likeness (QED) is 0.778. The summed E-state index contributed by atoms with van der Waals surface area (Å²) in [5.41, 5.74) is 0. The van der Waals surface area contributed by atoms with Crippen LogP contribution in [0.4, 0.5) is 0 Å². The van der Waals surface area contributed by atoms with Crippen molar-refractivity contribution >= 4 is 11.3 Å². The number of hydrogen-bond acceptors (Lipinski definition) is 4. The molecule has 1 saturated heterocycles. The van der Waals surface area contributed by atoms with Crippen molar-refractivity contribution in [3.05, 3.63) is 21.9 Å². The summed E-state index contributed by atoms with van der Waals surface area (Å²) in [6.07, 6.45) is 2.34. The van der Waals surface area contributed by atoms with Crippen molar-refractivity contribution in [1.82, 2.24) is 10.2 Å². The number of rotatable bonds is 7. The molecule has 0 amide bonds. The highest BCUT2D eigenvalue weighted by atomic mass is 32.1. The Kier molecular flexibility index (Phi) is 6.31. The van der Waals surface area contributed by atoms with Gasteiger partial charge in [-0.2, -0.15) is 0 Å². The molecule has 1 aromatic heterocycles. The van der Waals surface area contributed by atoms with Crippen LogP contribution < -0.4 is 5.32 Å². The van der Waals surface area contributed by atoms with Gasteiger partial charge in [0.15, 0.2) is 0 Å². The summed E-state index contributed by atoms with van der Waals surface area (Å²) in [5, 5.41) is 3.52. The van der Waals surface area contributed by atoms with Gasteiger partial charge in [-0.05, 0) is 31.5 Å². The van der Waals surface area contributed by atoms with Crippen LogP contribution in [0.5, 0.6) is 0 Å². The standard InChI is InChI=1S/C15H26N2OS/c1-3-7-16-10-13-12-18-9-8-17(13)11-15-6-5-14(4-2)19-15/h5-6,13,16H,3-4,7-12H2,1-2H3. The molecule has 0 spiro atoms. The summed E-state index contributed by atoms with van der Waals surface area (Å²) in [7, 11) is 0. The number of aryl methyl sites for hydroxylation is 1. The molecule has 0 bridgehead atoms. The topological polar surface area (TPSA) is 24.5 Å². The lowest BCUT2D eigenvalue weighted by Gasteiger charge is -2.35. The zero-order valence-corrected chi connectivity index (χ0v) is 13.0. The lowest BCUT2D eigenvalue weighted by molar-refractivity contribution is -0.0104. The summed E-state index contributed by atoms with van der Waals surface area (Å²) in [6.45, 7) is 10.4. The molecule has 1 fully saturated rings. The van der Waals surface area contributed by atoms with Crippen LogP contribution in [0, 0.1) is 0 Å². The van der Waals surface area contributed by atoms with Gasteiger partial charge in [-0.1, -0.05) is 13.8 Å². The van der Waals surface area contributed by atoms with Crippen molar-refractivity contribution in [2.45, 2.75) is 39.3 Å². The first-order chi connectivity index (χ1) is 9.33. The first-order valence-electron chi connectivity index (χ1n) is 7.43. The van der Waals surface area contributed by atoms with Gasteiger partial charge in [0.1, 0.15) is 0 Å². The molecule has 19 heavy (non-hydrogen) atoms. The maximum atomic E-state index is 5.63. The van der Waals surface area contributed by atoms with Crippen LogP contribution in [0.1, 0.15) is 30.0 Å². The minimum absolute atomic E-state index is 0.521. The molecule has 0 aliphatic carbocycles. The Bertz CT molecular complexity index is 367. The Hall–Kier alpha value is -0.420. The van der Waals surface area contributed by atoms with E-state index < -0.39 is 0 Å². The average molecular weight is 282 g/mol. The van der Waals surface area contributed by atoms with Crippen LogP contribution in [0.2, 0.25) is 0 Å². The molecule has 1 N–H and O–H groups in total. The van der Waals surface area contributed by atoms with Crippen molar-refractivity contribution < 1.29 is 4.74 Å². The van der Waals surface area contributed by atoms with Crippen molar-refractivity contribution in [3.63, 3.8) is 0 Å². The van der Waals surface area contributed by atoms with Gasteiger partial charge in [0.2, 0.25) is 0 Å². The summed E-state index contributed by atoms with van der Waals surface area (Å²) in [4.78, 5) is 5.54. The van der Waals surface area contributed by atoms with Gasteiger partial charge in [-0.3, -0.25) is 4.90 Å². The summed E-state index contributed by atoms with van der Waals surface area (Å²) in [5.74, 6) is 0. The van der Waals surface area contributed by atoms with Crippen molar-refractivity contribution in [3.8, 4) is 0 Å². The molecular formula is C15H26N2OS. The number of nitrogens with zero attached hydrogens (tertiary/aromatic N) is 1. The number of ether oxygens (including phenoxy) is 1. The van der Waals surface area contributed by atoms with Gasteiger partial charge in [0, 0.05) is 35.4 Å². The first-order valence-corrected chi connectivity index (χ1v) is 8.25. The number of hydrogen-bond donors (Lipinski definition) is 1. The predicted molar refractivity (Wildman–Crippen MR) is 81.9 cm³/mol. The summed E-state index contributed by atoms with van der Waals surface area (Å²) >= 11 is 1.95. The molecule has 0 aromatic carbocycles. The molecule has 1 aliphatic rings. The maximum absolute atomic E-state index is 5.63. The minimum Gasteiger partial charge on any atom is -0.378 e. The molecular weight excluding hydrogens is 256 g/mol. The van der Waals surface area contributed by atoms with Gasteiger partial charge in [0.25, 0.3) is 0 Å². The molecule has 108 valence electrons. The molecule has 4 heteroatoms. The van der Waals surface area contributed by atoms with Crippen LogP contribution in [-0.4, -0.2) is 43.8 Å². The number of nitrogens with one attached hydrogen (secondary N) is 1. The van der Waals surface area contributed by atoms with E-state index in [1.165, 1.54) is 16.2 Å². The van der Waals surface area contributed by atoms with Crippen LogP contribution in [0.25, 0.3) is 0 Å². The van der Waals surface area contributed by atoms with E-state index in [9.17, 15) is 0 Å². The fraction of sp³-hybridized carbons (Fsp3) is 0.733. The fourth-order valence-corrected chi connectivity index (χ4v) is 3.41. The van der Waals surface area contributed by atoms with Gasteiger partial charge < -0.3 is 10.1 Å². The van der Waals surface area contributed by atoms with E-state index in [-0.39, 0.29) is 0 Å². The SMILES string of the molecule is CCCNCC1COCCN1Cc1ccc(CC)s1. The van der Waals surface area contributed by atoms with Crippen LogP contribution >= 0.6 is 11.3 Å². The van der Waals surface area contributed by atoms with E-state index in [1.807, 2.05) is 11.3 Å². The van der Waals surface area contributed by atoms with Crippen LogP contribution in [-0.2, 0) is 17.7 Å². The van der Waals surface area contributed by atoms with Crippen molar-refractivity contribution in [2.24, 2.45) is 0 Å². The largest absolute Gasteiger partial charge is 0.378 e. The van der Waals surface area contributed by atoms with Crippen LogP contribution in [0.3, 0.4) is 0 Å². The monoisotopic (exact) mass is 282 g/mol. The highest BCUT2D eigenvalue weighted by Crippen LogP contribution is 2.20. The minimum atomic E-state index is 0.521. The second-order valence-corrected chi connectivity index (χ2v) is 6.38. The average Bonchev–Trinajstić information content (AvgIpc) is 2.89. The fourth-order valence-electron chi connectivity index (χ4n) is 2.43. The Morgan fingerprint density at radius 1 is 1.37 bits per heavy atom. The molecule has 3 nitrogen and oxygen atoms in total. The second kappa shape index (κ2) is 8.00. The highest BCUT2D eigenvalue weighted by Gasteiger charge is 2.22. The first kappa shape index (κ1) is 15.0. The van der Waals surface area contributed by atoms with E-state index >= 15 is 0 Å². The molecule has 0 saturated carbocycles.